The van der Waals surface area contributed by atoms with Gasteiger partial charge in [-0.15, -0.1) is 10.2 Å². The van der Waals surface area contributed by atoms with E-state index in [9.17, 15) is 0 Å². The van der Waals surface area contributed by atoms with Crippen molar-refractivity contribution in [3.8, 4) is 0 Å². The highest BCUT2D eigenvalue weighted by Gasteiger charge is 2.39. The Bertz CT molecular complexity index is 452. The fourth-order valence-corrected chi connectivity index (χ4v) is 4.04. The number of halogens is 2. The van der Waals surface area contributed by atoms with Gasteiger partial charge in [-0.05, 0) is 37.0 Å². The van der Waals surface area contributed by atoms with Crippen LogP contribution in [0.15, 0.2) is 6.07 Å². The van der Waals surface area contributed by atoms with E-state index in [0.29, 0.717) is 10.3 Å². The molecule has 0 aromatic carbocycles. The average Bonchev–Trinajstić information content (AvgIpc) is 2.94. The van der Waals surface area contributed by atoms with Crippen molar-refractivity contribution in [2.24, 2.45) is 17.8 Å². The molecule has 1 aromatic heterocycles. The number of fused-ring (bicyclic) bond motifs is 2. The van der Waals surface area contributed by atoms with E-state index in [1.807, 2.05) is 0 Å². The van der Waals surface area contributed by atoms with Gasteiger partial charge in [0.1, 0.15) is 0 Å². The van der Waals surface area contributed by atoms with Crippen molar-refractivity contribution in [1.82, 2.24) is 10.2 Å². The van der Waals surface area contributed by atoms with Crippen LogP contribution in [0, 0.1) is 17.8 Å². The smallest absolute Gasteiger partial charge is 0.175 e. The van der Waals surface area contributed by atoms with Crippen molar-refractivity contribution in [2.45, 2.75) is 25.7 Å². The lowest BCUT2D eigenvalue weighted by Gasteiger charge is -2.28. The molecule has 0 N–H and O–H groups in total. The second-order valence-corrected chi connectivity index (χ2v) is 6.40. The highest BCUT2D eigenvalue weighted by molar-refractivity contribution is 6.33. The van der Waals surface area contributed by atoms with Gasteiger partial charge in [0, 0.05) is 19.7 Å². The summed E-state index contributed by atoms with van der Waals surface area (Å²) in [6.45, 7) is 1.04. The molecule has 2 aliphatic rings. The molecule has 98 valence electrons. The van der Waals surface area contributed by atoms with E-state index < -0.39 is 0 Å². The molecule has 0 amide bonds. The van der Waals surface area contributed by atoms with E-state index in [2.05, 4.69) is 22.1 Å². The molecule has 1 aromatic rings. The minimum atomic E-state index is 0.397. The Balaban J connectivity index is 1.71. The van der Waals surface area contributed by atoms with Crippen molar-refractivity contribution in [1.29, 1.82) is 0 Å². The molecule has 0 spiro atoms. The van der Waals surface area contributed by atoms with Crippen LogP contribution in [0.25, 0.3) is 0 Å². The zero-order chi connectivity index (χ0) is 12.7. The van der Waals surface area contributed by atoms with Gasteiger partial charge in [0.05, 0.1) is 5.69 Å². The Morgan fingerprint density at radius 3 is 2.78 bits per heavy atom. The van der Waals surface area contributed by atoms with Crippen molar-refractivity contribution in [3.63, 3.8) is 0 Å². The molecule has 3 rings (SSSR count). The fraction of sp³-hybridized carbons (Fsp3) is 0.692. The van der Waals surface area contributed by atoms with Crippen molar-refractivity contribution in [3.05, 3.63) is 16.4 Å². The lowest BCUT2D eigenvalue weighted by molar-refractivity contribution is 0.337. The maximum Gasteiger partial charge on any atom is 0.175 e. The van der Waals surface area contributed by atoms with Gasteiger partial charge in [0.15, 0.2) is 10.3 Å². The molecule has 2 saturated carbocycles. The summed E-state index contributed by atoms with van der Waals surface area (Å²) in [7, 11) is 2.06. The largest absolute Gasteiger partial charge is 0.372 e. The van der Waals surface area contributed by atoms with Crippen LogP contribution < -0.4 is 4.90 Å². The zero-order valence-electron chi connectivity index (χ0n) is 10.4. The first-order chi connectivity index (χ1) is 8.63. The van der Waals surface area contributed by atoms with Gasteiger partial charge in [0.25, 0.3) is 0 Å². The first-order valence-electron chi connectivity index (χ1n) is 6.53. The fourth-order valence-electron chi connectivity index (χ4n) is 3.66. The van der Waals surface area contributed by atoms with Gasteiger partial charge in [-0.3, -0.25) is 0 Å². The van der Waals surface area contributed by atoms with Crippen LogP contribution in [0.2, 0.25) is 10.3 Å². The maximum atomic E-state index is 6.08. The third-order valence-corrected chi connectivity index (χ3v) is 4.96. The van der Waals surface area contributed by atoms with Gasteiger partial charge < -0.3 is 4.90 Å². The van der Waals surface area contributed by atoms with Crippen LogP contribution in [-0.2, 0) is 0 Å². The highest BCUT2D eigenvalue weighted by Crippen LogP contribution is 2.48. The monoisotopic (exact) mass is 285 g/mol. The molecule has 5 heteroatoms. The third kappa shape index (κ3) is 2.30. The van der Waals surface area contributed by atoms with E-state index in [1.54, 1.807) is 6.07 Å². The van der Waals surface area contributed by atoms with E-state index in [-0.39, 0.29) is 0 Å². The Kier molecular flexibility index (Phi) is 3.37. The molecule has 3 nitrogen and oxygen atoms in total. The summed E-state index contributed by atoms with van der Waals surface area (Å²) in [5, 5.41) is 8.45. The quantitative estimate of drug-likeness (QED) is 0.849. The molecule has 1 heterocycles. The Morgan fingerprint density at radius 2 is 2.11 bits per heavy atom. The summed E-state index contributed by atoms with van der Waals surface area (Å²) >= 11 is 12.0. The lowest BCUT2D eigenvalue weighted by atomic mass is 9.88. The van der Waals surface area contributed by atoms with Crippen LogP contribution in [0.3, 0.4) is 0 Å². The first-order valence-corrected chi connectivity index (χ1v) is 7.29. The summed E-state index contributed by atoms with van der Waals surface area (Å²) in [4.78, 5) is 2.17. The third-order valence-electron chi connectivity index (χ3n) is 4.50. The Labute approximate surface area is 117 Å². The Morgan fingerprint density at radius 1 is 1.28 bits per heavy atom. The molecule has 2 bridgehead atoms. The minimum Gasteiger partial charge on any atom is -0.372 e. The van der Waals surface area contributed by atoms with Gasteiger partial charge in [0.2, 0.25) is 0 Å². The number of anilines is 1. The summed E-state index contributed by atoms with van der Waals surface area (Å²) in [6.07, 6.45) is 5.65. The van der Waals surface area contributed by atoms with Crippen LogP contribution in [0.1, 0.15) is 25.7 Å². The SMILES string of the molecule is CN(CC1CC2CCC1C2)c1cc(Cl)nnc1Cl. The molecule has 2 aliphatic carbocycles. The molecular formula is C13H17Cl2N3. The normalized spacial score (nSPS) is 29.8. The van der Waals surface area contributed by atoms with Gasteiger partial charge >= 0.3 is 0 Å². The van der Waals surface area contributed by atoms with Crippen LogP contribution in [0.5, 0.6) is 0 Å². The molecule has 3 atom stereocenters. The molecular weight excluding hydrogens is 269 g/mol. The predicted octanol–water partition coefficient (Wildman–Crippen LogP) is 3.66. The molecule has 0 radical (unpaired) electrons. The zero-order valence-corrected chi connectivity index (χ0v) is 12.0. The second-order valence-electron chi connectivity index (χ2n) is 5.66. The summed E-state index contributed by atoms with van der Waals surface area (Å²) in [5.41, 5.74) is 0.888. The average molecular weight is 286 g/mol. The topological polar surface area (TPSA) is 29.0 Å². The van der Waals surface area contributed by atoms with Gasteiger partial charge in [-0.2, -0.15) is 0 Å². The number of aromatic nitrogens is 2. The van der Waals surface area contributed by atoms with Crippen molar-refractivity contribution in [2.75, 3.05) is 18.5 Å². The van der Waals surface area contributed by atoms with Crippen molar-refractivity contribution >= 4 is 28.9 Å². The minimum absolute atomic E-state index is 0.397. The second kappa shape index (κ2) is 4.86. The van der Waals surface area contributed by atoms with Crippen LogP contribution in [-0.4, -0.2) is 23.8 Å². The molecule has 0 saturated heterocycles. The molecule has 3 unspecified atom stereocenters. The van der Waals surface area contributed by atoms with E-state index in [0.717, 1.165) is 30.0 Å². The number of nitrogens with zero attached hydrogens (tertiary/aromatic N) is 3. The van der Waals surface area contributed by atoms with Crippen LogP contribution >= 0.6 is 23.2 Å². The number of rotatable bonds is 3. The molecule has 18 heavy (non-hydrogen) atoms. The molecule has 0 aliphatic heterocycles. The van der Waals surface area contributed by atoms with E-state index >= 15 is 0 Å². The lowest BCUT2D eigenvalue weighted by Crippen LogP contribution is -2.29. The Hall–Kier alpha value is -0.540. The summed E-state index contributed by atoms with van der Waals surface area (Å²) < 4.78 is 0. The number of hydrogen-bond donors (Lipinski definition) is 0. The van der Waals surface area contributed by atoms with Crippen LogP contribution in [0.4, 0.5) is 5.69 Å². The predicted molar refractivity (Wildman–Crippen MR) is 74.3 cm³/mol. The van der Waals surface area contributed by atoms with E-state index in [1.165, 1.54) is 25.7 Å². The van der Waals surface area contributed by atoms with Gasteiger partial charge in [-0.25, -0.2) is 0 Å². The summed E-state index contributed by atoms with van der Waals surface area (Å²) in [6, 6.07) is 1.80. The van der Waals surface area contributed by atoms with E-state index in [4.69, 9.17) is 23.2 Å². The number of hydrogen-bond acceptors (Lipinski definition) is 3. The highest BCUT2D eigenvalue weighted by atomic mass is 35.5. The van der Waals surface area contributed by atoms with Crippen molar-refractivity contribution < 1.29 is 0 Å². The standard InChI is InChI=1S/C13H17Cl2N3/c1-18(11-6-12(14)16-17-13(11)15)7-10-5-8-2-3-9(10)4-8/h6,8-10H,2-5,7H2,1H3. The summed E-state index contributed by atoms with van der Waals surface area (Å²) in [5.74, 6) is 2.70. The first kappa shape index (κ1) is 12.5. The van der Waals surface area contributed by atoms with Gasteiger partial charge in [-0.1, -0.05) is 29.6 Å². The maximum absolute atomic E-state index is 6.08. The molecule has 2 fully saturated rings.